The van der Waals surface area contributed by atoms with E-state index in [9.17, 15) is 14.2 Å². The van der Waals surface area contributed by atoms with E-state index in [4.69, 9.17) is 19.3 Å². The van der Waals surface area contributed by atoms with Crippen molar-refractivity contribution in [3.63, 3.8) is 0 Å². The van der Waals surface area contributed by atoms with Crippen LogP contribution in [0.4, 0.5) is 0 Å². The lowest BCUT2D eigenvalue weighted by Crippen LogP contribution is -2.29. The Morgan fingerprint density at radius 3 is 2.23 bits per heavy atom. The van der Waals surface area contributed by atoms with Crippen LogP contribution in [0, 0.1) is 0 Å². The number of phosphoric ester groups is 1. The molecule has 0 radical (unpaired) electrons. The molecule has 9 heteroatoms. The molecule has 0 aromatic rings. The second-order valence-electron chi connectivity index (χ2n) is 4.79. The third-order valence-electron chi connectivity index (χ3n) is 2.60. The van der Waals surface area contributed by atoms with Crippen LogP contribution in [0.2, 0.25) is 0 Å². The number of unbranched alkanes of at least 4 members (excludes halogenated alkanes) is 2. The van der Waals surface area contributed by atoms with Crippen LogP contribution >= 0.6 is 7.82 Å². The molecule has 0 aliphatic rings. The zero-order chi connectivity index (χ0) is 17.0. The zero-order valence-electron chi connectivity index (χ0n) is 13.0. The van der Waals surface area contributed by atoms with Crippen LogP contribution in [-0.4, -0.2) is 41.0 Å². The lowest BCUT2D eigenvalue weighted by molar-refractivity contribution is -0.161. The summed E-state index contributed by atoms with van der Waals surface area (Å²) in [6.07, 6.45) is 2.48. The lowest BCUT2D eigenvalue weighted by atomic mass is 10.2. The van der Waals surface area contributed by atoms with Gasteiger partial charge >= 0.3 is 19.8 Å². The first-order valence-electron chi connectivity index (χ1n) is 7.33. The Morgan fingerprint density at radius 1 is 1.00 bits per heavy atom. The van der Waals surface area contributed by atoms with Gasteiger partial charge in [-0.1, -0.05) is 26.7 Å². The lowest BCUT2D eigenvalue weighted by Gasteiger charge is -2.18. The fourth-order valence-electron chi connectivity index (χ4n) is 1.52. The number of esters is 2. The number of hydrogen-bond acceptors (Lipinski definition) is 6. The van der Waals surface area contributed by atoms with Gasteiger partial charge < -0.3 is 19.3 Å². The minimum atomic E-state index is -4.68. The summed E-state index contributed by atoms with van der Waals surface area (Å²) >= 11 is 0. The number of hydrogen-bond donors (Lipinski definition) is 2. The summed E-state index contributed by atoms with van der Waals surface area (Å²) in [7, 11) is -4.68. The second kappa shape index (κ2) is 11.6. The third-order valence-corrected chi connectivity index (χ3v) is 3.08. The molecule has 0 fully saturated rings. The van der Waals surface area contributed by atoms with Crippen LogP contribution in [0.5, 0.6) is 0 Å². The molecule has 0 aliphatic heterocycles. The first kappa shape index (κ1) is 21.0. The normalized spacial score (nSPS) is 12.7. The van der Waals surface area contributed by atoms with Gasteiger partial charge in [-0.3, -0.25) is 14.1 Å². The Kier molecular flexibility index (Phi) is 11.1. The molecule has 8 nitrogen and oxygen atoms in total. The van der Waals surface area contributed by atoms with Crippen molar-refractivity contribution in [2.24, 2.45) is 0 Å². The maximum Gasteiger partial charge on any atom is 0.469 e. The first-order chi connectivity index (χ1) is 10.3. The summed E-state index contributed by atoms with van der Waals surface area (Å²) in [5, 5.41) is 0. The van der Waals surface area contributed by atoms with E-state index in [0.29, 0.717) is 12.8 Å². The molecule has 0 saturated carbocycles. The Bertz CT molecular complexity index is 378. The van der Waals surface area contributed by atoms with Crippen LogP contribution in [-0.2, 0) is 28.2 Å². The largest absolute Gasteiger partial charge is 0.469 e. The minimum absolute atomic E-state index is 0.198. The number of carbonyl (C=O) groups is 2. The summed E-state index contributed by atoms with van der Waals surface area (Å²) < 4.78 is 24.9. The second-order valence-corrected chi connectivity index (χ2v) is 6.03. The van der Waals surface area contributed by atoms with Gasteiger partial charge in [0.1, 0.15) is 6.61 Å². The van der Waals surface area contributed by atoms with Gasteiger partial charge in [-0.25, -0.2) is 4.57 Å². The Labute approximate surface area is 130 Å². The predicted molar refractivity (Wildman–Crippen MR) is 77.9 cm³/mol. The molecule has 22 heavy (non-hydrogen) atoms. The van der Waals surface area contributed by atoms with Crippen molar-refractivity contribution < 1.29 is 37.9 Å². The molecule has 0 spiro atoms. The molecule has 130 valence electrons. The zero-order valence-corrected chi connectivity index (χ0v) is 13.9. The Hall–Kier alpha value is -0.950. The fourth-order valence-corrected chi connectivity index (χ4v) is 1.88. The number of ether oxygens (including phenoxy) is 2. The summed E-state index contributed by atoms with van der Waals surface area (Å²) in [5.41, 5.74) is 0. The highest BCUT2D eigenvalue weighted by atomic mass is 31.2. The highest BCUT2D eigenvalue weighted by Crippen LogP contribution is 2.35. The van der Waals surface area contributed by atoms with Crippen LogP contribution in [0.25, 0.3) is 0 Å². The van der Waals surface area contributed by atoms with Crippen molar-refractivity contribution >= 4 is 19.8 Å². The van der Waals surface area contributed by atoms with Gasteiger partial charge in [-0.05, 0) is 12.8 Å². The van der Waals surface area contributed by atoms with Gasteiger partial charge in [0.15, 0.2) is 6.10 Å². The van der Waals surface area contributed by atoms with E-state index in [-0.39, 0.29) is 19.4 Å². The van der Waals surface area contributed by atoms with E-state index in [1.54, 1.807) is 0 Å². The van der Waals surface area contributed by atoms with E-state index >= 15 is 0 Å². The van der Waals surface area contributed by atoms with E-state index in [0.717, 1.165) is 12.8 Å². The molecule has 0 amide bonds. The molecule has 0 saturated heterocycles. The van der Waals surface area contributed by atoms with E-state index in [1.165, 1.54) is 0 Å². The molecule has 1 unspecified atom stereocenters. The molecule has 1 atom stereocenters. The highest BCUT2D eigenvalue weighted by molar-refractivity contribution is 7.46. The van der Waals surface area contributed by atoms with E-state index in [1.807, 2.05) is 13.8 Å². The van der Waals surface area contributed by atoms with Crippen molar-refractivity contribution in [3.05, 3.63) is 0 Å². The minimum Gasteiger partial charge on any atom is -0.462 e. The SMILES string of the molecule is CCCCCC(=O)OC(COC(=O)CCC)COP(=O)(O)O. The van der Waals surface area contributed by atoms with Gasteiger partial charge in [0.05, 0.1) is 6.61 Å². The average molecular weight is 340 g/mol. The molecule has 2 N–H and O–H groups in total. The molecule has 0 aliphatic carbocycles. The van der Waals surface area contributed by atoms with Gasteiger partial charge in [0, 0.05) is 12.8 Å². The van der Waals surface area contributed by atoms with Crippen molar-refractivity contribution in [1.82, 2.24) is 0 Å². The monoisotopic (exact) mass is 340 g/mol. The molecule has 0 aromatic heterocycles. The van der Waals surface area contributed by atoms with Crippen molar-refractivity contribution in [3.8, 4) is 0 Å². The van der Waals surface area contributed by atoms with Crippen LogP contribution < -0.4 is 0 Å². The molecule has 0 aromatic carbocycles. The van der Waals surface area contributed by atoms with Gasteiger partial charge in [-0.2, -0.15) is 0 Å². The molecular formula is C13H25O8P. The number of phosphoric acid groups is 1. The van der Waals surface area contributed by atoms with Crippen molar-refractivity contribution in [1.29, 1.82) is 0 Å². The molecular weight excluding hydrogens is 315 g/mol. The Morgan fingerprint density at radius 2 is 1.68 bits per heavy atom. The van der Waals surface area contributed by atoms with Gasteiger partial charge in [0.2, 0.25) is 0 Å². The molecule has 0 rings (SSSR count). The molecule has 0 heterocycles. The van der Waals surface area contributed by atoms with Crippen molar-refractivity contribution in [2.45, 2.75) is 58.5 Å². The quantitative estimate of drug-likeness (QED) is 0.314. The first-order valence-corrected chi connectivity index (χ1v) is 8.86. The summed E-state index contributed by atoms with van der Waals surface area (Å²) in [5.74, 6) is -0.981. The topological polar surface area (TPSA) is 119 Å². The smallest absolute Gasteiger partial charge is 0.462 e. The number of carbonyl (C=O) groups excluding carboxylic acids is 2. The van der Waals surface area contributed by atoms with Crippen molar-refractivity contribution in [2.75, 3.05) is 13.2 Å². The van der Waals surface area contributed by atoms with Crippen LogP contribution in [0.1, 0.15) is 52.4 Å². The average Bonchev–Trinajstić information content (AvgIpc) is 2.41. The van der Waals surface area contributed by atoms with Gasteiger partial charge in [0.25, 0.3) is 0 Å². The maximum absolute atomic E-state index is 11.6. The van der Waals surface area contributed by atoms with Gasteiger partial charge in [-0.15, -0.1) is 0 Å². The fraction of sp³-hybridized carbons (Fsp3) is 0.846. The Balaban J connectivity index is 4.34. The summed E-state index contributed by atoms with van der Waals surface area (Å²) in [6.45, 7) is 2.97. The van der Waals surface area contributed by atoms with E-state index < -0.39 is 32.5 Å². The predicted octanol–water partition coefficient (Wildman–Crippen LogP) is 1.93. The van der Waals surface area contributed by atoms with E-state index in [2.05, 4.69) is 4.52 Å². The molecule has 0 bridgehead atoms. The summed E-state index contributed by atoms with van der Waals surface area (Å²) in [6, 6.07) is 0. The van der Waals surface area contributed by atoms with Crippen LogP contribution in [0.3, 0.4) is 0 Å². The third kappa shape index (κ3) is 12.8. The maximum atomic E-state index is 11.6. The summed E-state index contributed by atoms with van der Waals surface area (Å²) in [4.78, 5) is 40.3. The van der Waals surface area contributed by atoms with Crippen LogP contribution in [0.15, 0.2) is 0 Å². The highest BCUT2D eigenvalue weighted by Gasteiger charge is 2.22. The number of rotatable bonds is 12. The standard InChI is InChI=1S/C13H25O8P/c1-3-5-6-8-13(15)21-11(10-20-22(16,17)18)9-19-12(14)7-4-2/h11H,3-10H2,1-2H3,(H2,16,17,18).